The van der Waals surface area contributed by atoms with Gasteiger partial charge in [0.05, 0.1) is 12.8 Å². The lowest BCUT2D eigenvalue weighted by Gasteiger charge is -2.06. The lowest BCUT2D eigenvalue weighted by molar-refractivity contribution is -0.188. The third-order valence-electron chi connectivity index (χ3n) is 1.55. The molecule has 7 nitrogen and oxygen atoms in total. The van der Waals surface area contributed by atoms with Crippen LogP contribution in [0.2, 0.25) is 0 Å². The van der Waals surface area contributed by atoms with Crippen LogP contribution in [0.4, 0.5) is 0 Å². The number of nitrogens with two attached hydrogens (primary N) is 1. The van der Waals surface area contributed by atoms with Gasteiger partial charge in [0.2, 0.25) is 6.40 Å². The molecule has 90 valence electrons. The summed E-state index contributed by atoms with van der Waals surface area (Å²) in [5.41, 5.74) is 5.72. The summed E-state index contributed by atoms with van der Waals surface area (Å²) in [4.78, 5) is 26.9. The molecule has 1 atom stereocenters. The molecule has 0 radical (unpaired) electrons. The lowest BCUT2D eigenvalue weighted by atomic mass is 10.2. The summed E-state index contributed by atoms with van der Waals surface area (Å²) in [5, 5.41) is 8.86. The second-order valence-corrected chi connectivity index (χ2v) is 2.62. The van der Waals surface area contributed by atoms with Crippen LogP contribution in [-0.4, -0.2) is 36.8 Å². The highest BCUT2D eigenvalue weighted by Crippen LogP contribution is 2.09. The molecule has 0 aromatic heterocycles. The molecule has 7 heteroatoms. The van der Waals surface area contributed by atoms with Gasteiger partial charge in [-0.2, -0.15) is 4.89 Å². The number of rotatable bonds is 7. The summed E-state index contributed by atoms with van der Waals surface area (Å²) in [6.07, 6.45) is 3.76. The summed E-state index contributed by atoms with van der Waals surface area (Å²) in [7, 11) is 1.29. The summed E-state index contributed by atoms with van der Waals surface area (Å²) >= 11 is 0. The summed E-state index contributed by atoms with van der Waals surface area (Å²) in [6, 6.07) is -1.01. The Kier molecular flexibility index (Phi) is 7.43. The van der Waals surface area contributed by atoms with Crippen LogP contribution in [0.15, 0.2) is 21.9 Å². The number of aliphatic imine (C=N–C) groups is 2. The number of nitrogens with zero attached hydrogens (tertiary/aromatic N) is 2. The third-order valence-corrected chi connectivity index (χ3v) is 1.55. The van der Waals surface area contributed by atoms with Crippen molar-refractivity contribution in [3.05, 3.63) is 11.9 Å². The van der Waals surface area contributed by atoms with Crippen molar-refractivity contribution in [1.29, 1.82) is 0 Å². The van der Waals surface area contributed by atoms with Crippen LogP contribution in [0.5, 0.6) is 0 Å². The van der Waals surface area contributed by atoms with Crippen molar-refractivity contribution in [2.75, 3.05) is 7.11 Å². The van der Waals surface area contributed by atoms with Crippen molar-refractivity contribution < 1.29 is 19.7 Å². The van der Waals surface area contributed by atoms with Crippen LogP contribution < -0.4 is 5.73 Å². The highest BCUT2D eigenvalue weighted by atomic mass is 17.2. The normalized spacial score (nSPS) is 14.5. The van der Waals surface area contributed by atoms with Gasteiger partial charge in [-0.1, -0.05) is 0 Å². The predicted molar refractivity (Wildman–Crippen MR) is 59.1 cm³/mol. The van der Waals surface area contributed by atoms with Crippen LogP contribution in [0.25, 0.3) is 0 Å². The van der Waals surface area contributed by atoms with Crippen molar-refractivity contribution in [2.45, 2.75) is 19.4 Å². The van der Waals surface area contributed by atoms with Gasteiger partial charge >= 0.3 is 5.97 Å². The number of carboxylic acids is 1. The SMILES string of the molecule is CC=N/C(=C\N)C[C@H](N=COOC)C(=O)O. The van der Waals surface area contributed by atoms with Gasteiger partial charge in [0.15, 0.2) is 6.04 Å². The molecule has 0 aliphatic rings. The summed E-state index contributed by atoms with van der Waals surface area (Å²) in [6.45, 7) is 1.70. The molecule has 0 bridgehead atoms. The van der Waals surface area contributed by atoms with Crippen molar-refractivity contribution >= 4 is 18.6 Å². The molecular formula is C9H15N3O4. The first kappa shape index (κ1) is 14.1. The Bertz CT molecular complexity index is 299. The highest BCUT2D eigenvalue weighted by Gasteiger charge is 2.17. The maximum atomic E-state index is 10.8. The zero-order valence-electron chi connectivity index (χ0n) is 9.16. The van der Waals surface area contributed by atoms with Crippen LogP contribution in [0, 0.1) is 0 Å². The van der Waals surface area contributed by atoms with E-state index in [1.807, 2.05) is 0 Å². The van der Waals surface area contributed by atoms with Gasteiger partial charge in [0.1, 0.15) is 0 Å². The largest absolute Gasteiger partial charge is 0.480 e. The van der Waals surface area contributed by atoms with Gasteiger partial charge in [0, 0.05) is 18.8 Å². The zero-order valence-corrected chi connectivity index (χ0v) is 9.16. The number of carbonyl (C=O) groups is 1. The van der Waals surface area contributed by atoms with Crippen molar-refractivity contribution in [3.8, 4) is 0 Å². The molecule has 0 saturated heterocycles. The second-order valence-electron chi connectivity index (χ2n) is 2.62. The predicted octanol–water partition coefficient (Wildman–Crippen LogP) is 0.327. The number of hydrogen-bond acceptors (Lipinski definition) is 6. The first-order chi connectivity index (χ1) is 7.65. The quantitative estimate of drug-likeness (QED) is 0.283. The van der Waals surface area contributed by atoms with Gasteiger partial charge in [-0.15, -0.1) is 0 Å². The van der Waals surface area contributed by atoms with Crippen LogP contribution in [0.3, 0.4) is 0 Å². The van der Waals surface area contributed by atoms with E-state index >= 15 is 0 Å². The molecule has 0 aliphatic carbocycles. The number of aliphatic carboxylic acids is 1. The van der Waals surface area contributed by atoms with E-state index in [0.29, 0.717) is 5.70 Å². The molecule has 0 unspecified atom stereocenters. The van der Waals surface area contributed by atoms with Gasteiger partial charge in [0.25, 0.3) is 0 Å². The molecular weight excluding hydrogens is 214 g/mol. The maximum Gasteiger partial charge on any atom is 0.328 e. The average Bonchev–Trinajstić information content (AvgIpc) is 2.26. The zero-order chi connectivity index (χ0) is 12.4. The smallest absolute Gasteiger partial charge is 0.328 e. The molecule has 0 saturated carbocycles. The van der Waals surface area contributed by atoms with Crippen LogP contribution >= 0.6 is 0 Å². The summed E-state index contributed by atoms with van der Waals surface area (Å²) < 4.78 is 0. The molecule has 3 N–H and O–H groups in total. The Hall–Kier alpha value is -1.89. The fourth-order valence-electron chi connectivity index (χ4n) is 0.873. The van der Waals surface area contributed by atoms with Gasteiger partial charge in [-0.3, -0.25) is 4.99 Å². The number of carboxylic acid groups (broad SMARTS) is 1. The van der Waals surface area contributed by atoms with Crippen LogP contribution in [0.1, 0.15) is 13.3 Å². The molecule has 0 spiro atoms. The minimum Gasteiger partial charge on any atom is -0.480 e. The van der Waals surface area contributed by atoms with Crippen molar-refractivity contribution in [2.24, 2.45) is 15.7 Å². The fraction of sp³-hybridized carbons (Fsp3) is 0.444. The van der Waals surface area contributed by atoms with E-state index in [-0.39, 0.29) is 6.42 Å². The monoisotopic (exact) mass is 229 g/mol. The number of hydrogen-bond donors (Lipinski definition) is 2. The molecule has 0 heterocycles. The molecule has 0 fully saturated rings. The van der Waals surface area contributed by atoms with E-state index in [1.165, 1.54) is 19.5 Å². The Morgan fingerprint density at radius 1 is 1.62 bits per heavy atom. The summed E-state index contributed by atoms with van der Waals surface area (Å²) in [5.74, 6) is -1.10. The maximum absolute atomic E-state index is 10.8. The van der Waals surface area contributed by atoms with Gasteiger partial charge in [-0.05, 0) is 6.92 Å². The van der Waals surface area contributed by atoms with E-state index in [1.54, 1.807) is 6.92 Å². The average molecular weight is 229 g/mol. The first-order valence-electron chi connectivity index (χ1n) is 4.49. The lowest BCUT2D eigenvalue weighted by Crippen LogP contribution is -2.19. The molecule has 0 aromatic carbocycles. The Balaban J connectivity index is 4.50. The van der Waals surface area contributed by atoms with E-state index < -0.39 is 12.0 Å². The Labute approximate surface area is 93.2 Å². The second kappa shape index (κ2) is 8.42. The van der Waals surface area contributed by atoms with E-state index in [2.05, 4.69) is 19.8 Å². The molecule has 16 heavy (non-hydrogen) atoms. The molecule has 0 aromatic rings. The van der Waals surface area contributed by atoms with Gasteiger partial charge < -0.3 is 15.7 Å². The minimum atomic E-state index is -1.10. The van der Waals surface area contributed by atoms with E-state index in [4.69, 9.17) is 10.8 Å². The molecule has 0 aliphatic heterocycles. The fourth-order valence-corrected chi connectivity index (χ4v) is 0.873. The van der Waals surface area contributed by atoms with Crippen molar-refractivity contribution in [3.63, 3.8) is 0 Å². The highest BCUT2D eigenvalue weighted by molar-refractivity contribution is 5.75. The van der Waals surface area contributed by atoms with Crippen molar-refractivity contribution in [1.82, 2.24) is 0 Å². The first-order valence-corrected chi connectivity index (χ1v) is 4.49. The molecule has 0 amide bonds. The Morgan fingerprint density at radius 3 is 2.75 bits per heavy atom. The van der Waals surface area contributed by atoms with Crippen LogP contribution in [-0.2, 0) is 14.6 Å². The van der Waals surface area contributed by atoms with E-state index in [0.717, 1.165) is 6.40 Å². The Morgan fingerprint density at radius 2 is 2.31 bits per heavy atom. The van der Waals surface area contributed by atoms with E-state index in [9.17, 15) is 4.79 Å². The third kappa shape index (κ3) is 5.76. The standard InChI is InChI=1S/C9H15N3O4/c1-3-11-7(5-10)4-8(9(13)14)12-6-16-15-2/h3,5-6,8H,4,10H2,1-2H3,(H,13,14)/b7-5-,11-3?,12-6?/t8-/m0/s1. The van der Waals surface area contributed by atoms with Gasteiger partial charge in [-0.25, -0.2) is 9.79 Å². The topological polar surface area (TPSA) is 107 Å². The minimum absolute atomic E-state index is 0.0831. The molecule has 0 rings (SSSR count).